The van der Waals surface area contributed by atoms with Gasteiger partial charge in [0.1, 0.15) is 11.9 Å². The molecule has 1 aromatic carbocycles. The molecule has 2 aliphatic rings. The van der Waals surface area contributed by atoms with E-state index >= 15 is 0 Å². The minimum absolute atomic E-state index is 0.00317. The van der Waals surface area contributed by atoms with Crippen LogP contribution >= 0.6 is 0 Å². The molecule has 0 aliphatic carbocycles. The van der Waals surface area contributed by atoms with Gasteiger partial charge in [-0.25, -0.2) is 0 Å². The molecule has 0 N–H and O–H groups in total. The maximum Gasteiger partial charge on any atom is 0.254 e. The molecule has 2 bridgehead atoms. The summed E-state index contributed by atoms with van der Waals surface area (Å²) in [5, 5.41) is 0. The van der Waals surface area contributed by atoms with E-state index in [9.17, 15) is 4.79 Å². The molecule has 154 valence electrons. The second kappa shape index (κ2) is 8.19. The van der Waals surface area contributed by atoms with Crippen molar-refractivity contribution >= 4 is 5.91 Å². The predicted octanol–water partition coefficient (Wildman–Crippen LogP) is 3.32. The molecule has 2 atom stereocenters. The molecule has 3 heterocycles. The van der Waals surface area contributed by atoms with E-state index in [0.717, 1.165) is 31.4 Å². The van der Waals surface area contributed by atoms with Crippen molar-refractivity contribution in [3.63, 3.8) is 0 Å². The van der Waals surface area contributed by atoms with Crippen LogP contribution in [0.4, 0.5) is 0 Å². The monoisotopic (exact) mass is 398 g/mol. The van der Waals surface area contributed by atoms with Gasteiger partial charge in [-0.1, -0.05) is 0 Å². The van der Waals surface area contributed by atoms with Gasteiger partial charge >= 0.3 is 0 Å². The first kappa shape index (κ1) is 19.4. The van der Waals surface area contributed by atoms with Crippen LogP contribution in [0.3, 0.4) is 0 Å². The zero-order chi connectivity index (χ0) is 20.4. The van der Waals surface area contributed by atoms with Crippen LogP contribution in [0, 0.1) is 0 Å². The summed E-state index contributed by atoms with van der Waals surface area (Å²) in [6, 6.07) is 7.57. The van der Waals surface area contributed by atoms with E-state index in [1.54, 1.807) is 45.9 Å². The molecule has 2 unspecified atom stereocenters. The fourth-order valence-corrected chi connectivity index (χ4v) is 4.52. The van der Waals surface area contributed by atoms with Crippen LogP contribution in [-0.4, -0.2) is 55.3 Å². The Hall–Kier alpha value is -2.96. The van der Waals surface area contributed by atoms with E-state index in [-0.39, 0.29) is 24.1 Å². The lowest BCUT2D eigenvalue weighted by Crippen LogP contribution is -2.49. The number of rotatable bonds is 6. The molecule has 2 aliphatic heterocycles. The second-order valence-electron chi connectivity index (χ2n) is 7.41. The number of hydrogen-bond donors (Lipinski definition) is 0. The average Bonchev–Trinajstić information content (AvgIpc) is 3.03. The number of piperidine rings is 1. The number of fused-ring (bicyclic) bond motifs is 2. The third-order valence-electron chi connectivity index (χ3n) is 5.77. The Kier molecular flexibility index (Phi) is 5.47. The van der Waals surface area contributed by atoms with Crippen LogP contribution in [0.15, 0.2) is 36.7 Å². The lowest BCUT2D eigenvalue weighted by molar-refractivity contribution is 0.0357. The van der Waals surface area contributed by atoms with Gasteiger partial charge in [0.25, 0.3) is 5.91 Å². The lowest BCUT2D eigenvalue weighted by atomic mass is 9.98. The highest BCUT2D eigenvalue weighted by Gasteiger charge is 2.44. The van der Waals surface area contributed by atoms with Gasteiger partial charge in [0.2, 0.25) is 5.75 Å². The molecule has 0 spiro atoms. The van der Waals surface area contributed by atoms with Gasteiger partial charge < -0.3 is 23.8 Å². The number of hydrogen-bond acceptors (Lipinski definition) is 6. The van der Waals surface area contributed by atoms with Crippen LogP contribution in [0.1, 0.15) is 36.0 Å². The molecule has 2 saturated heterocycles. The van der Waals surface area contributed by atoms with Crippen molar-refractivity contribution in [2.75, 3.05) is 21.3 Å². The van der Waals surface area contributed by atoms with Crippen LogP contribution < -0.4 is 18.9 Å². The Labute approximate surface area is 170 Å². The number of carbonyl (C=O) groups is 1. The van der Waals surface area contributed by atoms with Crippen LogP contribution in [0.25, 0.3) is 0 Å². The Morgan fingerprint density at radius 2 is 1.69 bits per heavy atom. The largest absolute Gasteiger partial charge is 0.493 e. The first-order valence-electron chi connectivity index (χ1n) is 9.84. The summed E-state index contributed by atoms with van der Waals surface area (Å²) < 4.78 is 22.3. The van der Waals surface area contributed by atoms with E-state index < -0.39 is 0 Å². The molecular formula is C22H26N2O5. The van der Waals surface area contributed by atoms with Crippen molar-refractivity contribution in [2.45, 2.75) is 43.9 Å². The highest BCUT2D eigenvalue weighted by atomic mass is 16.5. The molecule has 1 amide bonds. The van der Waals surface area contributed by atoms with Gasteiger partial charge in [-0.2, -0.15) is 0 Å². The third-order valence-corrected chi connectivity index (χ3v) is 5.77. The molecule has 1 aromatic heterocycles. The van der Waals surface area contributed by atoms with Crippen molar-refractivity contribution in [1.29, 1.82) is 0 Å². The van der Waals surface area contributed by atoms with Gasteiger partial charge in [-0.05, 0) is 37.1 Å². The van der Waals surface area contributed by atoms with Gasteiger partial charge in [0, 0.05) is 36.7 Å². The number of benzene rings is 1. The van der Waals surface area contributed by atoms with Gasteiger partial charge in [-0.15, -0.1) is 0 Å². The van der Waals surface area contributed by atoms with Crippen molar-refractivity contribution in [2.24, 2.45) is 0 Å². The van der Waals surface area contributed by atoms with Crippen molar-refractivity contribution < 1.29 is 23.7 Å². The van der Waals surface area contributed by atoms with Crippen molar-refractivity contribution in [3.05, 3.63) is 42.2 Å². The number of ether oxygens (including phenoxy) is 4. The van der Waals surface area contributed by atoms with Gasteiger partial charge in [0.05, 0.1) is 27.5 Å². The van der Waals surface area contributed by atoms with E-state index in [0.29, 0.717) is 22.8 Å². The van der Waals surface area contributed by atoms with Gasteiger partial charge in [-0.3, -0.25) is 9.78 Å². The smallest absolute Gasteiger partial charge is 0.254 e. The van der Waals surface area contributed by atoms with Crippen molar-refractivity contribution in [1.82, 2.24) is 9.88 Å². The van der Waals surface area contributed by atoms with E-state index in [2.05, 4.69) is 4.98 Å². The Morgan fingerprint density at radius 3 is 2.21 bits per heavy atom. The first-order valence-corrected chi connectivity index (χ1v) is 9.84. The zero-order valence-electron chi connectivity index (χ0n) is 17.0. The maximum atomic E-state index is 13.4. The van der Waals surface area contributed by atoms with E-state index in [4.69, 9.17) is 18.9 Å². The standard InChI is InChI=1S/C22H26N2O5/c1-26-19-9-14(10-20(27-2)21(19)28-3)22(25)24-15-6-7-16(24)12-18(11-15)29-17-5-4-8-23-13-17/h4-5,8-10,13,15-16,18H,6-7,11-12H2,1-3H3. The minimum Gasteiger partial charge on any atom is -0.493 e. The van der Waals surface area contributed by atoms with Gasteiger partial charge in [0.15, 0.2) is 11.5 Å². The predicted molar refractivity (Wildman–Crippen MR) is 107 cm³/mol. The van der Waals surface area contributed by atoms with E-state index in [1.807, 2.05) is 17.0 Å². The van der Waals surface area contributed by atoms with Crippen LogP contribution in [0.2, 0.25) is 0 Å². The molecule has 29 heavy (non-hydrogen) atoms. The van der Waals surface area contributed by atoms with Crippen LogP contribution in [0.5, 0.6) is 23.0 Å². The summed E-state index contributed by atoms with van der Waals surface area (Å²) in [7, 11) is 4.65. The molecule has 4 rings (SSSR count). The molecular weight excluding hydrogens is 372 g/mol. The molecule has 7 nitrogen and oxygen atoms in total. The van der Waals surface area contributed by atoms with Crippen molar-refractivity contribution in [3.8, 4) is 23.0 Å². The number of methoxy groups -OCH3 is 3. The third kappa shape index (κ3) is 3.69. The molecule has 0 radical (unpaired) electrons. The fourth-order valence-electron chi connectivity index (χ4n) is 4.52. The number of carbonyl (C=O) groups excluding carboxylic acids is 1. The molecule has 7 heteroatoms. The topological polar surface area (TPSA) is 70.1 Å². The highest BCUT2D eigenvalue weighted by molar-refractivity contribution is 5.96. The summed E-state index contributed by atoms with van der Waals surface area (Å²) >= 11 is 0. The maximum absolute atomic E-state index is 13.4. The number of nitrogens with zero attached hydrogens (tertiary/aromatic N) is 2. The SMILES string of the molecule is COc1cc(C(=O)N2C3CCC2CC(Oc2cccnc2)C3)cc(OC)c1OC. The summed E-state index contributed by atoms with van der Waals surface area (Å²) in [6.45, 7) is 0. The summed E-state index contributed by atoms with van der Waals surface area (Å²) in [6.07, 6.45) is 7.19. The Bertz CT molecular complexity index is 834. The number of amides is 1. The Balaban J connectivity index is 1.53. The zero-order valence-corrected chi connectivity index (χ0v) is 17.0. The normalized spacial score (nSPS) is 22.9. The number of aromatic nitrogens is 1. The molecule has 2 fully saturated rings. The van der Waals surface area contributed by atoms with E-state index in [1.165, 1.54) is 0 Å². The summed E-state index contributed by atoms with van der Waals surface area (Å²) in [5.41, 5.74) is 0.544. The quantitative estimate of drug-likeness (QED) is 0.744. The first-order chi connectivity index (χ1) is 14.1. The second-order valence-corrected chi connectivity index (χ2v) is 7.41. The average molecular weight is 398 g/mol. The minimum atomic E-state index is -0.00317. The highest BCUT2D eigenvalue weighted by Crippen LogP contribution is 2.41. The lowest BCUT2D eigenvalue weighted by Gasteiger charge is -2.39. The summed E-state index contributed by atoms with van der Waals surface area (Å²) in [5.74, 6) is 2.23. The molecule has 0 saturated carbocycles. The number of pyridine rings is 1. The Morgan fingerprint density at radius 1 is 1.03 bits per heavy atom. The van der Waals surface area contributed by atoms with Crippen LogP contribution in [-0.2, 0) is 0 Å². The molecule has 2 aromatic rings. The fraction of sp³-hybridized carbons (Fsp3) is 0.455. The summed E-state index contributed by atoms with van der Waals surface area (Å²) in [4.78, 5) is 19.5.